The van der Waals surface area contributed by atoms with E-state index in [0.717, 1.165) is 16.9 Å². The van der Waals surface area contributed by atoms with Crippen LogP contribution in [0.3, 0.4) is 0 Å². The van der Waals surface area contributed by atoms with Gasteiger partial charge in [0.2, 0.25) is 5.91 Å². The van der Waals surface area contributed by atoms with E-state index in [9.17, 15) is 9.18 Å². The molecule has 0 spiro atoms. The molecule has 2 aromatic rings. The second-order valence-electron chi connectivity index (χ2n) is 6.56. The van der Waals surface area contributed by atoms with E-state index >= 15 is 0 Å². The van der Waals surface area contributed by atoms with E-state index in [1.165, 1.54) is 24.3 Å². The molecule has 0 aromatic heterocycles. The molecule has 0 atom stereocenters. The Morgan fingerprint density at radius 1 is 1.10 bits per heavy atom. The molecule has 0 unspecified atom stereocenters. The number of amides is 1. The Morgan fingerprint density at radius 3 is 2.57 bits per heavy atom. The van der Waals surface area contributed by atoms with Crippen molar-refractivity contribution in [3.63, 3.8) is 0 Å². The lowest BCUT2D eigenvalue weighted by Gasteiger charge is -2.13. The Labute approximate surface area is 176 Å². The number of methoxy groups -OCH3 is 1. The number of hydrogen-bond acceptors (Lipinski definition) is 4. The van der Waals surface area contributed by atoms with E-state index in [1.807, 2.05) is 32.0 Å². The van der Waals surface area contributed by atoms with Crippen LogP contribution < -0.4 is 20.7 Å². The maximum absolute atomic E-state index is 13.0. The van der Waals surface area contributed by atoms with Crippen LogP contribution in [0.15, 0.2) is 47.5 Å². The van der Waals surface area contributed by atoms with Crippen LogP contribution >= 0.6 is 0 Å². The zero-order valence-electron chi connectivity index (χ0n) is 17.6. The van der Waals surface area contributed by atoms with Crippen LogP contribution in [0, 0.1) is 12.7 Å². The number of carbonyl (C=O) groups excluding carboxylic acids is 1. The molecule has 30 heavy (non-hydrogen) atoms. The zero-order chi connectivity index (χ0) is 21.8. The van der Waals surface area contributed by atoms with Crippen molar-refractivity contribution in [2.45, 2.75) is 20.4 Å². The molecule has 0 heterocycles. The fourth-order valence-electron chi connectivity index (χ4n) is 2.57. The molecule has 0 radical (unpaired) electrons. The topological polar surface area (TPSA) is 84.0 Å². The molecule has 162 valence electrons. The third kappa shape index (κ3) is 8.08. The lowest BCUT2D eigenvalue weighted by molar-refractivity contribution is -0.115. The van der Waals surface area contributed by atoms with Gasteiger partial charge in [-0.1, -0.05) is 12.1 Å². The normalized spacial score (nSPS) is 11.1. The Morgan fingerprint density at radius 2 is 1.87 bits per heavy atom. The predicted molar refractivity (Wildman–Crippen MR) is 116 cm³/mol. The van der Waals surface area contributed by atoms with Crippen molar-refractivity contribution in [2.24, 2.45) is 4.99 Å². The smallest absolute Gasteiger partial charge is 0.243 e. The summed E-state index contributed by atoms with van der Waals surface area (Å²) in [7, 11) is 1.63. The van der Waals surface area contributed by atoms with Gasteiger partial charge in [0.05, 0.1) is 19.7 Å². The number of nitrogens with zero attached hydrogens (tertiary/aromatic N) is 1. The van der Waals surface area contributed by atoms with Gasteiger partial charge in [0.15, 0.2) is 5.96 Å². The average Bonchev–Trinajstić information content (AvgIpc) is 2.73. The summed E-state index contributed by atoms with van der Waals surface area (Å²) < 4.78 is 23.8. The number of rotatable bonds is 10. The highest BCUT2D eigenvalue weighted by Crippen LogP contribution is 2.21. The highest BCUT2D eigenvalue weighted by atomic mass is 19.1. The second kappa shape index (κ2) is 12.4. The standard InChI is InChI=1S/C22H29FN4O3/c1-4-24-22(26-15-21(28)27-19-9-7-18(23)8-10-19)25-14-17-6-5-16(2)13-20(17)30-12-11-29-3/h5-10,13H,4,11-12,14-15H2,1-3H3,(H,27,28)(H2,24,25,26). The summed E-state index contributed by atoms with van der Waals surface area (Å²) >= 11 is 0. The van der Waals surface area contributed by atoms with Gasteiger partial charge in [-0.3, -0.25) is 4.79 Å². The molecule has 0 aliphatic carbocycles. The number of hydrogen-bond donors (Lipinski definition) is 3. The molecule has 0 aliphatic heterocycles. The molecule has 0 bridgehead atoms. The summed E-state index contributed by atoms with van der Waals surface area (Å²) in [5, 5.41) is 8.81. The van der Waals surface area contributed by atoms with E-state index in [1.54, 1.807) is 7.11 Å². The molecule has 0 saturated carbocycles. The van der Waals surface area contributed by atoms with E-state index in [4.69, 9.17) is 9.47 Å². The van der Waals surface area contributed by atoms with Crippen molar-refractivity contribution in [2.75, 3.05) is 38.7 Å². The van der Waals surface area contributed by atoms with Crippen molar-refractivity contribution in [3.8, 4) is 5.75 Å². The quantitative estimate of drug-likeness (QED) is 0.315. The first kappa shape index (κ1) is 23.2. The van der Waals surface area contributed by atoms with Crippen molar-refractivity contribution in [3.05, 3.63) is 59.4 Å². The lowest BCUT2D eigenvalue weighted by atomic mass is 10.1. The summed E-state index contributed by atoms with van der Waals surface area (Å²) in [6.07, 6.45) is 0. The summed E-state index contributed by atoms with van der Waals surface area (Å²) in [6.45, 7) is 5.97. The van der Waals surface area contributed by atoms with E-state index in [0.29, 0.717) is 38.0 Å². The fourth-order valence-corrected chi connectivity index (χ4v) is 2.57. The van der Waals surface area contributed by atoms with Crippen LogP contribution in [0.5, 0.6) is 5.75 Å². The number of nitrogens with one attached hydrogen (secondary N) is 3. The third-order valence-corrected chi connectivity index (χ3v) is 4.06. The second-order valence-corrected chi connectivity index (χ2v) is 6.56. The number of halogens is 1. The molecule has 8 heteroatoms. The summed E-state index contributed by atoms with van der Waals surface area (Å²) in [4.78, 5) is 16.7. The van der Waals surface area contributed by atoms with Gasteiger partial charge in [0.25, 0.3) is 0 Å². The Balaban J connectivity index is 1.96. The molecular formula is C22H29FN4O3. The van der Waals surface area contributed by atoms with Crippen molar-refractivity contribution in [1.29, 1.82) is 0 Å². The first-order chi connectivity index (χ1) is 14.5. The minimum absolute atomic E-state index is 0.0221. The maximum atomic E-state index is 13.0. The first-order valence-corrected chi connectivity index (χ1v) is 9.80. The Kier molecular flexibility index (Phi) is 9.60. The van der Waals surface area contributed by atoms with Crippen molar-refractivity contribution < 1.29 is 18.7 Å². The molecule has 0 aliphatic rings. The summed E-state index contributed by atoms with van der Waals surface area (Å²) in [5.74, 6) is 0.663. The van der Waals surface area contributed by atoms with Crippen LogP contribution in [0.1, 0.15) is 18.1 Å². The first-order valence-electron chi connectivity index (χ1n) is 9.80. The van der Waals surface area contributed by atoms with Gasteiger partial charge >= 0.3 is 0 Å². The van der Waals surface area contributed by atoms with E-state index < -0.39 is 0 Å². The van der Waals surface area contributed by atoms with Crippen LogP contribution in [-0.4, -0.2) is 45.3 Å². The van der Waals surface area contributed by atoms with Crippen molar-refractivity contribution in [1.82, 2.24) is 10.6 Å². The molecule has 7 nitrogen and oxygen atoms in total. The lowest BCUT2D eigenvalue weighted by Crippen LogP contribution is -2.41. The fraction of sp³-hybridized carbons (Fsp3) is 0.364. The summed E-state index contributed by atoms with van der Waals surface area (Å²) in [5.41, 5.74) is 2.56. The third-order valence-electron chi connectivity index (χ3n) is 4.06. The van der Waals surface area contributed by atoms with Gasteiger partial charge in [0.1, 0.15) is 18.2 Å². The Hall–Kier alpha value is -3.13. The van der Waals surface area contributed by atoms with Crippen LogP contribution in [0.25, 0.3) is 0 Å². The predicted octanol–water partition coefficient (Wildman–Crippen LogP) is 2.85. The number of aryl methyl sites for hydroxylation is 1. The van der Waals surface area contributed by atoms with Crippen molar-refractivity contribution >= 4 is 17.6 Å². The number of aliphatic imine (C=N–C) groups is 1. The molecule has 1 amide bonds. The highest BCUT2D eigenvalue weighted by molar-refractivity contribution is 5.94. The number of benzene rings is 2. The molecule has 2 rings (SSSR count). The molecule has 0 fully saturated rings. The number of carbonyl (C=O) groups is 1. The summed E-state index contributed by atoms with van der Waals surface area (Å²) in [6, 6.07) is 11.6. The zero-order valence-corrected chi connectivity index (χ0v) is 17.6. The minimum atomic E-state index is -0.352. The number of guanidine groups is 1. The van der Waals surface area contributed by atoms with Gasteiger partial charge in [-0.05, 0) is 49.7 Å². The molecule has 0 saturated heterocycles. The Bertz CT molecular complexity index is 841. The molecular weight excluding hydrogens is 387 g/mol. The van der Waals surface area contributed by atoms with Gasteiger partial charge in [0, 0.05) is 24.9 Å². The van der Waals surface area contributed by atoms with Crippen LogP contribution in [0.4, 0.5) is 10.1 Å². The van der Waals surface area contributed by atoms with Gasteiger partial charge in [-0.25, -0.2) is 9.38 Å². The van der Waals surface area contributed by atoms with Crippen LogP contribution in [0.2, 0.25) is 0 Å². The van der Waals surface area contributed by atoms with Gasteiger partial charge in [-0.2, -0.15) is 0 Å². The van der Waals surface area contributed by atoms with Gasteiger partial charge < -0.3 is 25.4 Å². The molecule has 2 aromatic carbocycles. The van der Waals surface area contributed by atoms with E-state index in [2.05, 4.69) is 20.9 Å². The monoisotopic (exact) mass is 416 g/mol. The number of ether oxygens (including phenoxy) is 2. The maximum Gasteiger partial charge on any atom is 0.243 e. The minimum Gasteiger partial charge on any atom is -0.491 e. The van der Waals surface area contributed by atoms with Gasteiger partial charge in [-0.15, -0.1) is 0 Å². The average molecular weight is 416 g/mol. The molecule has 3 N–H and O–H groups in total. The van der Waals surface area contributed by atoms with Crippen LogP contribution in [-0.2, 0) is 16.1 Å². The number of anilines is 1. The SMILES string of the molecule is CCNC(=NCc1ccc(C)cc1OCCOC)NCC(=O)Nc1ccc(F)cc1. The largest absolute Gasteiger partial charge is 0.491 e. The highest BCUT2D eigenvalue weighted by Gasteiger charge is 2.07. The van der Waals surface area contributed by atoms with E-state index in [-0.39, 0.29) is 18.3 Å².